The molecule has 4 rings (SSSR count). The lowest BCUT2D eigenvalue weighted by atomic mass is 9.96. The summed E-state index contributed by atoms with van der Waals surface area (Å²) in [6.45, 7) is 2.12. The molecule has 1 fully saturated rings. The predicted molar refractivity (Wildman–Crippen MR) is 104 cm³/mol. The smallest absolute Gasteiger partial charge is 0.295 e. The van der Waals surface area contributed by atoms with Gasteiger partial charge in [-0.1, -0.05) is 41.7 Å². The Morgan fingerprint density at radius 3 is 2.59 bits per heavy atom. The number of hydrogen-bond acceptors (Lipinski definition) is 4. The van der Waals surface area contributed by atoms with Gasteiger partial charge in [-0.3, -0.25) is 14.6 Å². The first-order valence-corrected chi connectivity index (χ1v) is 9.24. The minimum atomic E-state index is -0.780. The van der Waals surface area contributed by atoms with Crippen molar-refractivity contribution in [1.82, 2.24) is 9.88 Å². The lowest BCUT2D eigenvalue weighted by Crippen LogP contribution is -2.29. The van der Waals surface area contributed by atoms with Crippen molar-refractivity contribution in [2.24, 2.45) is 0 Å². The normalized spacial score (nSPS) is 18.2. The fourth-order valence-corrected chi connectivity index (χ4v) is 3.50. The van der Waals surface area contributed by atoms with Gasteiger partial charge in [0.1, 0.15) is 0 Å². The molecule has 1 N–H and O–H groups in total. The van der Waals surface area contributed by atoms with Crippen LogP contribution in [-0.4, -0.2) is 21.6 Å². The summed E-state index contributed by atoms with van der Waals surface area (Å²) in [6.07, 6.45) is 6.72. The lowest BCUT2D eigenvalue weighted by Gasteiger charge is -2.27. The van der Waals surface area contributed by atoms with Gasteiger partial charge in [-0.25, -0.2) is 4.98 Å². The van der Waals surface area contributed by atoms with Crippen LogP contribution in [0.25, 0.3) is 5.76 Å². The Morgan fingerprint density at radius 2 is 1.93 bits per heavy atom. The van der Waals surface area contributed by atoms with Crippen LogP contribution in [0.2, 0.25) is 0 Å². The standard InChI is InChI=1S/C23H19N3O3/c1-15-6-8-17(9-7-15)21(27)19-20(18-5-3-11-25-13-18)26(23(29)22(19)28)14-16-4-2-10-24-12-16/h2-13,20,27H,14H2,1H3/b21-19+. The molecule has 144 valence electrons. The third kappa shape index (κ3) is 3.52. The number of H-pyrrole nitrogens is 1. The van der Waals surface area contributed by atoms with Crippen molar-refractivity contribution in [3.63, 3.8) is 0 Å². The molecule has 1 saturated heterocycles. The van der Waals surface area contributed by atoms with E-state index in [4.69, 9.17) is 0 Å². The number of Topliss-reactive ketones (excluding diaryl/α,β-unsaturated/α-hetero) is 1. The quantitative estimate of drug-likeness (QED) is 0.388. The van der Waals surface area contributed by atoms with Crippen molar-refractivity contribution in [3.05, 3.63) is 101 Å². The molecule has 2 aromatic heterocycles. The number of nitrogens with one attached hydrogen (secondary N) is 1. The first-order chi connectivity index (χ1) is 14.1. The molecule has 1 unspecified atom stereocenters. The van der Waals surface area contributed by atoms with Crippen LogP contribution in [0.3, 0.4) is 0 Å². The van der Waals surface area contributed by atoms with Crippen LogP contribution in [0.4, 0.5) is 0 Å². The summed E-state index contributed by atoms with van der Waals surface area (Å²) in [4.78, 5) is 34.3. The highest BCUT2D eigenvalue weighted by Gasteiger charge is 2.44. The van der Waals surface area contributed by atoms with E-state index in [-0.39, 0.29) is 12.1 Å². The Labute approximate surface area is 168 Å². The van der Waals surface area contributed by atoms with Crippen molar-refractivity contribution in [3.8, 4) is 0 Å². The fraction of sp³-hybridized carbons (Fsp3) is 0.130. The first-order valence-electron chi connectivity index (χ1n) is 9.24. The van der Waals surface area contributed by atoms with E-state index in [1.54, 1.807) is 49.1 Å². The fourth-order valence-electron chi connectivity index (χ4n) is 3.50. The molecule has 1 aliphatic rings. The van der Waals surface area contributed by atoms with Crippen molar-refractivity contribution in [2.45, 2.75) is 19.5 Å². The molecule has 6 heteroatoms. The van der Waals surface area contributed by atoms with Crippen molar-refractivity contribution >= 4 is 17.4 Å². The number of ketones is 1. The second kappa shape index (κ2) is 7.67. The van der Waals surface area contributed by atoms with Crippen molar-refractivity contribution < 1.29 is 19.7 Å². The summed E-state index contributed by atoms with van der Waals surface area (Å²) in [6, 6.07) is 13.4. The summed E-state index contributed by atoms with van der Waals surface area (Å²) in [5.41, 5.74) is 2.81. The maximum absolute atomic E-state index is 13.2. The second-order valence-electron chi connectivity index (χ2n) is 6.97. The van der Waals surface area contributed by atoms with Gasteiger partial charge >= 0.3 is 0 Å². The molecule has 1 aromatic carbocycles. The van der Waals surface area contributed by atoms with E-state index >= 15 is 0 Å². The molecule has 0 spiro atoms. The SMILES string of the molecule is Cc1ccc(/C([O-])=C2\C(=O)C(=O)N(Cc3ccc[nH+]c3)C2c2cccnc2)cc1. The zero-order valence-corrected chi connectivity index (χ0v) is 15.8. The minimum Gasteiger partial charge on any atom is -0.872 e. The molecule has 0 aliphatic carbocycles. The molecule has 0 saturated carbocycles. The topological polar surface area (TPSA) is 87.5 Å². The number of aryl methyl sites for hydroxylation is 1. The van der Waals surface area contributed by atoms with Crippen LogP contribution in [0.5, 0.6) is 0 Å². The molecule has 0 radical (unpaired) electrons. The van der Waals surface area contributed by atoms with Crippen LogP contribution in [0.15, 0.2) is 78.9 Å². The molecule has 6 nitrogen and oxygen atoms in total. The number of hydrogen-bond donors (Lipinski definition) is 0. The van der Waals surface area contributed by atoms with E-state index in [0.717, 1.165) is 11.1 Å². The largest absolute Gasteiger partial charge is 0.872 e. The van der Waals surface area contributed by atoms with Crippen molar-refractivity contribution in [1.29, 1.82) is 0 Å². The Bertz CT molecular complexity index is 1080. The van der Waals surface area contributed by atoms with Crippen LogP contribution >= 0.6 is 0 Å². The van der Waals surface area contributed by atoms with Crippen LogP contribution < -0.4 is 10.1 Å². The van der Waals surface area contributed by atoms with Gasteiger partial charge in [0.15, 0.2) is 12.4 Å². The van der Waals surface area contributed by atoms with Gasteiger partial charge in [-0.15, -0.1) is 0 Å². The molecule has 29 heavy (non-hydrogen) atoms. The van der Waals surface area contributed by atoms with Crippen LogP contribution in [-0.2, 0) is 16.1 Å². The lowest BCUT2D eigenvalue weighted by molar-refractivity contribution is -0.378. The third-order valence-electron chi connectivity index (χ3n) is 4.97. The van der Waals surface area contributed by atoms with Crippen molar-refractivity contribution in [2.75, 3.05) is 0 Å². The van der Waals surface area contributed by atoms with Gasteiger partial charge in [-0.2, -0.15) is 0 Å². The second-order valence-corrected chi connectivity index (χ2v) is 6.97. The summed E-state index contributed by atoms with van der Waals surface area (Å²) >= 11 is 0. The Morgan fingerprint density at radius 1 is 1.14 bits per heavy atom. The number of aromatic nitrogens is 2. The molecule has 0 bridgehead atoms. The molecule has 1 amide bonds. The van der Waals surface area contributed by atoms with Crippen LogP contribution in [0.1, 0.15) is 28.3 Å². The van der Waals surface area contributed by atoms with Crippen LogP contribution in [0, 0.1) is 6.92 Å². The highest BCUT2D eigenvalue weighted by molar-refractivity contribution is 6.46. The highest BCUT2D eigenvalue weighted by atomic mass is 16.3. The van der Waals surface area contributed by atoms with Gasteiger partial charge in [0.25, 0.3) is 5.91 Å². The Balaban J connectivity index is 1.85. The number of nitrogens with zero attached hydrogens (tertiary/aromatic N) is 2. The van der Waals surface area contributed by atoms with Gasteiger partial charge in [-0.05, 0) is 30.2 Å². The van der Waals surface area contributed by atoms with E-state index < -0.39 is 23.5 Å². The van der Waals surface area contributed by atoms with E-state index in [2.05, 4.69) is 9.97 Å². The van der Waals surface area contributed by atoms with Gasteiger partial charge in [0, 0.05) is 29.6 Å². The number of carbonyl (C=O) groups excluding carboxylic acids is 2. The summed E-state index contributed by atoms with van der Waals surface area (Å²) in [7, 11) is 0. The molecule has 3 aromatic rings. The third-order valence-corrected chi connectivity index (χ3v) is 4.97. The summed E-state index contributed by atoms with van der Waals surface area (Å²) in [5.74, 6) is -1.87. The average Bonchev–Trinajstić information content (AvgIpc) is 3.00. The maximum Gasteiger partial charge on any atom is 0.295 e. The maximum atomic E-state index is 13.2. The first kappa shape index (κ1) is 18.6. The predicted octanol–water partition coefficient (Wildman–Crippen LogP) is 1.63. The zero-order valence-electron chi connectivity index (χ0n) is 15.8. The van der Waals surface area contributed by atoms with Gasteiger partial charge < -0.3 is 10.0 Å². The average molecular weight is 385 g/mol. The Kier molecular flexibility index (Phi) is 4.91. The Hall–Kier alpha value is -3.80. The van der Waals surface area contributed by atoms with E-state index in [1.165, 1.54) is 4.90 Å². The summed E-state index contributed by atoms with van der Waals surface area (Å²) < 4.78 is 0. The molecular formula is C23H19N3O3. The molecule has 1 aliphatic heterocycles. The summed E-state index contributed by atoms with van der Waals surface area (Å²) in [5, 5.41) is 13.2. The number of pyridine rings is 2. The number of benzene rings is 1. The van der Waals surface area contributed by atoms with Gasteiger partial charge in [0.2, 0.25) is 5.78 Å². The van der Waals surface area contributed by atoms with E-state index in [9.17, 15) is 14.7 Å². The van der Waals surface area contributed by atoms with Gasteiger partial charge in [0.05, 0.1) is 12.6 Å². The number of carbonyl (C=O) groups is 2. The highest BCUT2D eigenvalue weighted by Crippen LogP contribution is 2.39. The number of likely N-dealkylation sites (tertiary alicyclic amines) is 1. The molecule has 3 heterocycles. The number of aromatic amines is 1. The molecule has 1 atom stereocenters. The van der Waals surface area contributed by atoms with E-state index in [1.807, 2.05) is 31.2 Å². The number of amides is 1. The zero-order chi connectivity index (χ0) is 20.4. The monoisotopic (exact) mass is 385 g/mol. The molecular weight excluding hydrogens is 366 g/mol. The number of rotatable bonds is 4. The van der Waals surface area contributed by atoms with E-state index in [0.29, 0.717) is 11.1 Å². The minimum absolute atomic E-state index is 0.0354.